The number of ketones is 1. The third-order valence-electron chi connectivity index (χ3n) is 2.51. The van der Waals surface area contributed by atoms with Gasteiger partial charge in [0.25, 0.3) is 0 Å². The Morgan fingerprint density at radius 1 is 1.28 bits per heavy atom. The number of carboxylic acids is 1. The average molecular weight is 244 g/mol. The Bertz CT molecular complexity index is 556. The van der Waals surface area contributed by atoms with Crippen LogP contribution in [0.4, 0.5) is 0 Å². The van der Waals surface area contributed by atoms with Gasteiger partial charge in [0.2, 0.25) is 0 Å². The summed E-state index contributed by atoms with van der Waals surface area (Å²) in [5, 5.41) is 13.0. The lowest BCUT2D eigenvalue weighted by atomic mass is 10.2. The van der Waals surface area contributed by atoms with Crippen molar-refractivity contribution in [3.05, 3.63) is 53.3 Å². The van der Waals surface area contributed by atoms with Crippen LogP contribution in [0, 0.1) is 0 Å². The van der Waals surface area contributed by atoms with Gasteiger partial charge in [-0.1, -0.05) is 30.3 Å². The fourth-order valence-corrected chi connectivity index (χ4v) is 1.69. The third kappa shape index (κ3) is 2.45. The SMILES string of the molecule is CC(=O)c1nn(Cc2ccccc2)cc1C(=O)O. The fraction of sp³-hybridized carbons (Fsp3) is 0.154. The van der Waals surface area contributed by atoms with Crippen LogP contribution in [0.25, 0.3) is 0 Å². The van der Waals surface area contributed by atoms with Crippen molar-refractivity contribution in [3.8, 4) is 0 Å². The molecule has 1 aromatic heterocycles. The van der Waals surface area contributed by atoms with Crippen molar-refractivity contribution in [1.29, 1.82) is 0 Å². The molecule has 18 heavy (non-hydrogen) atoms. The predicted molar refractivity (Wildman–Crippen MR) is 64.7 cm³/mol. The molecule has 0 unspecified atom stereocenters. The minimum Gasteiger partial charge on any atom is -0.478 e. The lowest BCUT2D eigenvalue weighted by Crippen LogP contribution is -2.04. The number of nitrogens with zero attached hydrogens (tertiary/aromatic N) is 2. The maximum atomic E-state index is 11.3. The third-order valence-corrected chi connectivity index (χ3v) is 2.51. The van der Waals surface area contributed by atoms with E-state index in [1.807, 2.05) is 30.3 Å². The smallest absolute Gasteiger partial charge is 0.339 e. The fourth-order valence-electron chi connectivity index (χ4n) is 1.69. The number of benzene rings is 1. The van der Waals surface area contributed by atoms with Crippen LogP contribution in [0.1, 0.15) is 33.3 Å². The highest BCUT2D eigenvalue weighted by atomic mass is 16.4. The Labute approximate surface area is 104 Å². The number of hydrogen-bond donors (Lipinski definition) is 1. The van der Waals surface area contributed by atoms with Crippen LogP contribution in [0.15, 0.2) is 36.5 Å². The van der Waals surface area contributed by atoms with Crippen LogP contribution in [0.3, 0.4) is 0 Å². The van der Waals surface area contributed by atoms with E-state index in [1.165, 1.54) is 17.8 Å². The number of carboxylic acid groups (broad SMARTS) is 1. The average Bonchev–Trinajstić information content (AvgIpc) is 2.74. The highest BCUT2D eigenvalue weighted by molar-refractivity contribution is 6.03. The van der Waals surface area contributed by atoms with E-state index in [4.69, 9.17) is 5.11 Å². The quantitative estimate of drug-likeness (QED) is 0.833. The zero-order valence-corrected chi connectivity index (χ0v) is 9.83. The van der Waals surface area contributed by atoms with E-state index < -0.39 is 5.97 Å². The molecule has 0 bridgehead atoms. The van der Waals surface area contributed by atoms with Gasteiger partial charge in [0.1, 0.15) is 11.3 Å². The Morgan fingerprint density at radius 3 is 2.44 bits per heavy atom. The first-order valence-corrected chi connectivity index (χ1v) is 5.43. The second kappa shape index (κ2) is 4.83. The summed E-state index contributed by atoms with van der Waals surface area (Å²) in [7, 11) is 0. The van der Waals surface area contributed by atoms with E-state index in [1.54, 1.807) is 0 Å². The lowest BCUT2D eigenvalue weighted by molar-refractivity contribution is 0.0692. The summed E-state index contributed by atoms with van der Waals surface area (Å²) in [4.78, 5) is 22.3. The van der Waals surface area contributed by atoms with Crippen molar-refractivity contribution in [2.24, 2.45) is 0 Å². The van der Waals surface area contributed by atoms with Crippen molar-refractivity contribution in [3.63, 3.8) is 0 Å². The molecule has 0 spiro atoms. The normalized spacial score (nSPS) is 10.3. The summed E-state index contributed by atoms with van der Waals surface area (Å²) in [6, 6.07) is 9.51. The van der Waals surface area contributed by atoms with Gasteiger partial charge in [-0.25, -0.2) is 4.79 Å². The van der Waals surface area contributed by atoms with Crippen LogP contribution in [0.2, 0.25) is 0 Å². The summed E-state index contributed by atoms with van der Waals surface area (Å²) >= 11 is 0. The van der Waals surface area contributed by atoms with Gasteiger partial charge in [0, 0.05) is 13.1 Å². The van der Waals surface area contributed by atoms with Crippen molar-refractivity contribution in [1.82, 2.24) is 9.78 Å². The molecule has 2 aromatic rings. The molecule has 0 aliphatic carbocycles. The Balaban J connectivity index is 2.33. The molecule has 1 heterocycles. The zero-order chi connectivity index (χ0) is 13.1. The second-order valence-corrected chi connectivity index (χ2v) is 3.94. The van der Waals surface area contributed by atoms with Gasteiger partial charge < -0.3 is 5.11 Å². The van der Waals surface area contributed by atoms with E-state index in [9.17, 15) is 9.59 Å². The summed E-state index contributed by atoms with van der Waals surface area (Å²) in [6.45, 7) is 1.75. The summed E-state index contributed by atoms with van der Waals surface area (Å²) in [5.74, 6) is -1.49. The molecule has 1 N–H and O–H groups in total. The lowest BCUT2D eigenvalue weighted by Gasteiger charge is -2.00. The molecule has 0 saturated carbocycles. The minimum absolute atomic E-state index is 0.00145. The van der Waals surface area contributed by atoms with Gasteiger partial charge in [-0.3, -0.25) is 9.48 Å². The van der Waals surface area contributed by atoms with Crippen LogP contribution >= 0.6 is 0 Å². The maximum absolute atomic E-state index is 11.3. The van der Waals surface area contributed by atoms with E-state index in [0.29, 0.717) is 6.54 Å². The monoisotopic (exact) mass is 244 g/mol. The molecular formula is C13H12N2O3. The van der Waals surface area contributed by atoms with Gasteiger partial charge in [-0.05, 0) is 5.56 Å². The van der Waals surface area contributed by atoms with Crippen LogP contribution in [0.5, 0.6) is 0 Å². The largest absolute Gasteiger partial charge is 0.478 e. The molecule has 0 fully saturated rings. The number of rotatable bonds is 4. The van der Waals surface area contributed by atoms with E-state index in [0.717, 1.165) is 5.56 Å². The first kappa shape index (κ1) is 12.0. The predicted octanol–water partition coefficient (Wildman–Crippen LogP) is 1.83. The molecule has 0 atom stereocenters. The molecule has 0 aliphatic heterocycles. The molecule has 5 nitrogen and oxygen atoms in total. The topological polar surface area (TPSA) is 72.2 Å². The number of carbonyl (C=O) groups excluding carboxylic acids is 1. The van der Waals surface area contributed by atoms with Crippen LogP contribution in [-0.4, -0.2) is 26.6 Å². The van der Waals surface area contributed by atoms with Gasteiger partial charge in [0.05, 0.1) is 6.54 Å². The highest BCUT2D eigenvalue weighted by Gasteiger charge is 2.18. The number of hydrogen-bond acceptors (Lipinski definition) is 3. The van der Waals surface area contributed by atoms with Gasteiger partial charge in [-0.15, -0.1) is 0 Å². The molecule has 0 saturated heterocycles. The van der Waals surface area contributed by atoms with Gasteiger partial charge >= 0.3 is 5.97 Å². The standard InChI is InChI=1S/C13H12N2O3/c1-9(16)12-11(13(17)18)8-15(14-12)7-10-5-3-2-4-6-10/h2-6,8H,7H2,1H3,(H,17,18). The first-order chi connectivity index (χ1) is 8.58. The summed E-state index contributed by atoms with van der Waals surface area (Å²) in [6.07, 6.45) is 1.38. The van der Waals surface area contributed by atoms with Crippen molar-refractivity contribution in [2.45, 2.75) is 13.5 Å². The van der Waals surface area contributed by atoms with E-state index in [-0.39, 0.29) is 17.0 Å². The number of Topliss-reactive ketones (excluding diaryl/α,β-unsaturated/α-hetero) is 1. The first-order valence-electron chi connectivity index (χ1n) is 5.43. The Morgan fingerprint density at radius 2 is 1.94 bits per heavy atom. The molecule has 0 radical (unpaired) electrons. The summed E-state index contributed by atoms with van der Waals surface area (Å²) < 4.78 is 1.47. The molecule has 0 amide bonds. The van der Waals surface area contributed by atoms with Crippen molar-refractivity contribution in [2.75, 3.05) is 0 Å². The van der Waals surface area contributed by atoms with Crippen LogP contribution in [-0.2, 0) is 6.54 Å². The Hall–Kier alpha value is -2.43. The van der Waals surface area contributed by atoms with E-state index >= 15 is 0 Å². The highest BCUT2D eigenvalue weighted by Crippen LogP contribution is 2.10. The number of aromatic nitrogens is 2. The zero-order valence-electron chi connectivity index (χ0n) is 9.83. The molecule has 92 valence electrons. The van der Waals surface area contributed by atoms with Crippen molar-refractivity contribution >= 4 is 11.8 Å². The Kier molecular flexibility index (Phi) is 3.23. The second-order valence-electron chi connectivity index (χ2n) is 3.94. The molecule has 5 heteroatoms. The molecule has 1 aromatic carbocycles. The van der Waals surface area contributed by atoms with Gasteiger partial charge in [-0.2, -0.15) is 5.10 Å². The number of carbonyl (C=O) groups is 2. The molecule has 2 rings (SSSR count). The number of aromatic carboxylic acids is 1. The van der Waals surface area contributed by atoms with Crippen LogP contribution < -0.4 is 0 Å². The minimum atomic E-state index is -1.14. The van der Waals surface area contributed by atoms with Crippen molar-refractivity contribution < 1.29 is 14.7 Å². The molecule has 0 aliphatic rings. The van der Waals surface area contributed by atoms with E-state index in [2.05, 4.69) is 5.10 Å². The summed E-state index contributed by atoms with van der Waals surface area (Å²) in [5.41, 5.74) is 0.934. The van der Waals surface area contributed by atoms with Gasteiger partial charge in [0.15, 0.2) is 5.78 Å². The maximum Gasteiger partial charge on any atom is 0.339 e. The molecular weight excluding hydrogens is 232 g/mol.